The molecular formula is C17H18Cl2N4O. The molecule has 7 heteroatoms. The first-order valence-corrected chi connectivity index (χ1v) is 8.74. The maximum Gasteiger partial charge on any atom is 0.276 e. The summed E-state index contributed by atoms with van der Waals surface area (Å²) in [6.45, 7) is 1.98. The number of anilines is 2. The predicted octanol–water partition coefficient (Wildman–Crippen LogP) is 4.42. The number of aromatic nitrogens is 2. The molecule has 0 atom stereocenters. The predicted molar refractivity (Wildman–Crippen MR) is 97.1 cm³/mol. The van der Waals surface area contributed by atoms with Crippen LogP contribution >= 0.6 is 23.2 Å². The molecule has 2 heterocycles. The lowest BCUT2D eigenvalue weighted by molar-refractivity contribution is 0.102. The first kappa shape index (κ1) is 17.0. The molecule has 1 aliphatic heterocycles. The summed E-state index contributed by atoms with van der Waals surface area (Å²) in [5, 5.41) is 11.8. The molecule has 0 spiro atoms. The molecule has 1 N–H and O–H groups in total. The van der Waals surface area contributed by atoms with Crippen molar-refractivity contribution in [2.75, 3.05) is 23.3 Å². The molecule has 0 bridgehead atoms. The normalized spacial score (nSPS) is 15.0. The van der Waals surface area contributed by atoms with Gasteiger partial charge in [-0.15, -0.1) is 10.2 Å². The van der Waals surface area contributed by atoms with Crippen LogP contribution in [0, 0.1) is 0 Å². The van der Waals surface area contributed by atoms with E-state index in [1.807, 2.05) is 6.07 Å². The van der Waals surface area contributed by atoms with Crippen molar-refractivity contribution in [1.82, 2.24) is 10.2 Å². The van der Waals surface area contributed by atoms with E-state index < -0.39 is 0 Å². The Kier molecular flexibility index (Phi) is 5.53. The summed E-state index contributed by atoms with van der Waals surface area (Å²) in [5.41, 5.74) is 0.826. The van der Waals surface area contributed by atoms with Crippen molar-refractivity contribution in [3.8, 4) is 0 Å². The van der Waals surface area contributed by atoms with Gasteiger partial charge in [-0.3, -0.25) is 4.79 Å². The van der Waals surface area contributed by atoms with Crippen LogP contribution in [0.4, 0.5) is 11.5 Å². The van der Waals surface area contributed by atoms with Gasteiger partial charge >= 0.3 is 0 Å². The molecule has 1 saturated heterocycles. The standard InChI is InChI=1S/C17H18Cl2N4O/c18-13-6-5-12(11-14(13)19)20-17(24)15-7-8-16(22-21-15)23-9-3-1-2-4-10-23/h5-8,11H,1-4,9-10H2,(H,20,24). The van der Waals surface area contributed by atoms with Crippen LogP contribution in [0.15, 0.2) is 30.3 Å². The van der Waals surface area contributed by atoms with E-state index in [-0.39, 0.29) is 11.6 Å². The average molecular weight is 365 g/mol. The summed E-state index contributed by atoms with van der Waals surface area (Å²) >= 11 is 11.8. The monoisotopic (exact) mass is 364 g/mol. The third-order valence-corrected chi connectivity index (χ3v) is 4.73. The van der Waals surface area contributed by atoms with Gasteiger partial charge in [-0.05, 0) is 43.2 Å². The Hall–Kier alpha value is -1.85. The zero-order valence-electron chi connectivity index (χ0n) is 13.1. The van der Waals surface area contributed by atoms with Gasteiger partial charge in [0.1, 0.15) is 0 Å². The van der Waals surface area contributed by atoms with Crippen LogP contribution in [-0.4, -0.2) is 29.2 Å². The quantitative estimate of drug-likeness (QED) is 0.875. The van der Waals surface area contributed by atoms with Crippen LogP contribution in [0.3, 0.4) is 0 Å². The van der Waals surface area contributed by atoms with Gasteiger partial charge in [-0.2, -0.15) is 0 Å². The second kappa shape index (κ2) is 7.81. The Bertz CT molecular complexity index is 713. The first-order chi connectivity index (χ1) is 11.6. The number of nitrogens with one attached hydrogen (secondary N) is 1. The van der Waals surface area contributed by atoms with E-state index in [9.17, 15) is 4.79 Å². The molecule has 0 radical (unpaired) electrons. The molecule has 3 rings (SSSR count). The molecule has 126 valence electrons. The summed E-state index contributed by atoms with van der Waals surface area (Å²) in [6.07, 6.45) is 4.85. The highest BCUT2D eigenvalue weighted by atomic mass is 35.5. The largest absolute Gasteiger partial charge is 0.355 e. The van der Waals surface area contributed by atoms with E-state index in [0.29, 0.717) is 15.7 Å². The number of hydrogen-bond acceptors (Lipinski definition) is 4. The highest BCUT2D eigenvalue weighted by molar-refractivity contribution is 6.42. The van der Waals surface area contributed by atoms with E-state index in [2.05, 4.69) is 20.4 Å². The summed E-state index contributed by atoms with van der Waals surface area (Å²) in [7, 11) is 0. The highest BCUT2D eigenvalue weighted by Gasteiger charge is 2.14. The number of rotatable bonds is 3. The van der Waals surface area contributed by atoms with E-state index in [4.69, 9.17) is 23.2 Å². The molecule has 0 unspecified atom stereocenters. The third-order valence-electron chi connectivity index (χ3n) is 3.99. The van der Waals surface area contributed by atoms with Gasteiger partial charge < -0.3 is 10.2 Å². The number of nitrogens with zero attached hydrogens (tertiary/aromatic N) is 3. The Morgan fingerprint density at radius 1 is 0.958 bits per heavy atom. The molecule has 24 heavy (non-hydrogen) atoms. The average Bonchev–Trinajstić information content (AvgIpc) is 2.88. The van der Waals surface area contributed by atoms with Crippen LogP contribution < -0.4 is 10.2 Å². The second-order valence-corrected chi connectivity index (χ2v) is 6.58. The van der Waals surface area contributed by atoms with Crippen molar-refractivity contribution in [3.63, 3.8) is 0 Å². The number of benzene rings is 1. The number of carbonyl (C=O) groups is 1. The van der Waals surface area contributed by atoms with Crippen molar-refractivity contribution in [2.24, 2.45) is 0 Å². The minimum Gasteiger partial charge on any atom is -0.355 e. The Morgan fingerprint density at radius 2 is 1.71 bits per heavy atom. The Balaban J connectivity index is 1.68. The molecule has 1 aromatic carbocycles. The van der Waals surface area contributed by atoms with Crippen LogP contribution in [-0.2, 0) is 0 Å². The molecule has 5 nitrogen and oxygen atoms in total. The van der Waals surface area contributed by atoms with Gasteiger partial charge in [0.2, 0.25) is 0 Å². The van der Waals surface area contributed by atoms with Crippen molar-refractivity contribution in [3.05, 3.63) is 46.1 Å². The Labute approximate surface area is 151 Å². The smallest absolute Gasteiger partial charge is 0.276 e. The van der Waals surface area contributed by atoms with E-state index in [1.165, 1.54) is 25.7 Å². The van der Waals surface area contributed by atoms with Gasteiger partial charge in [-0.1, -0.05) is 36.0 Å². The molecule has 1 aromatic heterocycles. The lowest BCUT2D eigenvalue weighted by Crippen LogP contribution is -2.25. The van der Waals surface area contributed by atoms with Gasteiger partial charge in [0.25, 0.3) is 5.91 Å². The maximum absolute atomic E-state index is 12.2. The summed E-state index contributed by atoms with van der Waals surface area (Å²) < 4.78 is 0. The van der Waals surface area contributed by atoms with Crippen LogP contribution in [0.25, 0.3) is 0 Å². The molecule has 1 aliphatic rings. The summed E-state index contributed by atoms with van der Waals surface area (Å²) in [5.74, 6) is 0.492. The van der Waals surface area contributed by atoms with E-state index in [1.54, 1.807) is 24.3 Å². The van der Waals surface area contributed by atoms with E-state index >= 15 is 0 Å². The number of hydrogen-bond donors (Lipinski definition) is 1. The fourth-order valence-electron chi connectivity index (χ4n) is 2.68. The summed E-state index contributed by atoms with van der Waals surface area (Å²) in [6, 6.07) is 8.46. The molecule has 0 saturated carbocycles. The zero-order valence-corrected chi connectivity index (χ0v) is 14.6. The van der Waals surface area contributed by atoms with Crippen molar-refractivity contribution in [2.45, 2.75) is 25.7 Å². The molecule has 1 amide bonds. The van der Waals surface area contributed by atoms with E-state index in [0.717, 1.165) is 18.9 Å². The van der Waals surface area contributed by atoms with Crippen molar-refractivity contribution < 1.29 is 4.79 Å². The SMILES string of the molecule is O=C(Nc1ccc(Cl)c(Cl)c1)c1ccc(N2CCCCCC2)nn1. The fourth-order valence-corrected chi connectivity index (χ4v) is 2.98. The van der Waals surface area contributed by atoms with Crippen molar-refractivity contribution >= 4 is 40.6 Å². The maximum atomic E-state index is 12.2. The minimum absolute atomic E-state index is 0.264. The van der Waals surface area contributed by atoms with Gasteiger partial charge in [0.05, 0.1) is 10.0 Å². The van der Waals surface area contributed by atoms with Crippen molar-refractivity contribution in [1.29, 1.82) is 0 Å². The third kappa shape index (κ3) is 4.16. The zero-order chi connectivity index (χ0) is 16.9. The fraction of sp³-hybridized carbons (Fsp3) is 0.353. The lowest BCUT2D eigenvalue weighted by Gasteiger charge is -2.20. The molecule has 0 aliphatic carbocycles. The first-order valence-electron chi connectivity index (χ1n) is 7.98. The van der Waals surface area contributed by atoms with Gasteiger partial charge in [0, 0.05) is 18.8 Å². The summed E-state index contributed by atoms with van der Waals surface area (Å²) in [4.78, 5) is 14.5. The topological polar surface area (TPSA) is 58.1 Å². The molecule has 1 fully saturated rings. The van der Waals surface area contributed by atoms with Crippen LogP contribution in [0.1, 0.15) is 36.2 Å². The second-order valence-electron chi connectivity index (χ2n) is 5.76. The van der Waals surface area contributed by atoms with Gasteiger partial charge in [-0.25, -0.2) is 0 Å². The molecular weight excluding hydrogens is 347 g/mol. The highest BCUT2D eigenvalue weighted by Crippen LogP contribution is 2.25. The van der Waals surface area contributed by atoms with Crippen LogP contribution in [0.2, 0.25) is 10.0 Å². The minimum atomic E-state index is -0.330. The number of carbonyl (C=O) groups excluding carboxylic acids is 1. The number of halogens is 2. The van der Waals surface area contributed by atoms with Gasteiger partial charge in [0.15, 0.2) is 11.5 Å². The van der Waals surface area contributed by atoms with Crippen LogP contribution in [0.5, 0.6) is 0 Å². The molecule has 2 aromatic rings. The lowest BCUT2D eigenvalue weighted by atomic mass is 10.2. The Morgan fingerprint density at radius 3 is 2.33 bits per heavy atom. The number of amides is 1.